The van der Waals surface area contributed by atoms with Crippen LogP contribution in [0.4, 0.5) is 0 Å². The fourth-order valence-corrected chi connectivity index (χ4v) is 3.49. The third kappa shape index (κ3) is 5.13. The Morgan fingerprint density at radius 3 is 2.65 bits per heavy atom. The number of carbonyl (C=O) groups excluding carboxylic acids is 1. The molecule has 2 heterocycles. The Kier molecular flexibility index (Phi) is 5.95. The number of carboxylic acid groups (broad SMARTS) is 1. The van der Waals surface area contributed by atoms with Gasteiger partial charge in [0.2, 0.25) is 15.9 Å². The highest BCUT2D eigenvalue weighted by Gasteiger charge is 2.33. The third-order valence-electron chi connectivity index (χ3n) is 3.92. The van der Waals surface area contributed by atoms with E-state index in [1.54, 1.807) is 4.90 Å². The normalized spacial score (nSPS) is 25.7. The highest BCUT2D eigenvalue weighted by atomic mass is 32.2. The SMILES string of the molecule is CS(=O)(=O)N(CC(=O)O)C[C@H]1CN(C(=O)[C@H]2CCOC2)CCO1. The molecular weight excluding hydrogens is 328 g/mol. The number of morpholine rings is 1. The van der Waals surface area contributed by atoms with Gasteiger partial charge in [0, 0.05) is 26.2 Å². The van der Waals surface area contributed by atoms with Gasteiger partial charge in [0.25, 0.3) is 0 Å². The highest BCUT2D eigenvalue weighted by molar-refractivity contribution is 7.88. The van der Waals surface area contributed by atoms with Crippen LogP contribution in [0.2, 0.25) is 0 Å². The van der Waals surface area contributed by atoms with Gasteiger partial charge in [0.05, 0.1) is 31.5 Å². The second kappa shape index (κ2) is 7.56. The number of nitrogens with zero attached hydrogens (tertiary/aromatic N) is 2. The van der Waals surface area contributed by atoms with Gasteiger partial charge in [-0.25, -0.2) is 8.42 Å². The van der Waals surface area contributed by atoms with Crippen LogP contribution in [-0.4, -0.2) is 93.0 Å². The van der Waals surface area contributed by atoms with E-state index < -0.39 is 28.6 Å². The van der Waals surface area contributed by atoms with Crippen molar-refractivity contribution in [2.75, 3.05) is 52.3 Å². The van der Waals surface area contributed by atoms with Gasteiger partial charge in [0.15, 0.2) is 0 Å². The van der Waals surface area contributed by atoms with Crippen molar-refractivity contribution in [3.8, 4) is 0 Å². The molecule has 2 rings (SSSR count). The lowest BCUT2D eigenvalue weighted by molar-refractivity contribution is -0.144. The van der Waals surface area contributed by atoms with E-state index in [2.05, 4.69) is 0 Å². The predicted molar refractivity (Wildman–Crippen MR) is 79.3 cm³/mol. The maximum atomic E-state index is 12.4. The zero-order chi connectivity index (χ0) is 17.0. The number of carbonyl (C=O) groups is 2. The fourth-order valence-electron chi connectivity index (χ4n) is 2.71. The number of amides is 1. The van der Waals surface area contributed by atoms with Crippen molar-refractivity contribution >= 4 is 21.9 Å². The minimum Gasteiger partial charge on any atom is -0.480 e. The zero-order valence-electron chi connectivity index (χ0n) is 13.0. The number of hydrogen-bond donors (Lipinski definition) is 1. The molecule has 132 valence electrons. The molecule has 9 nitrogen and oxygen atoms in total. The number of ether oxygens (including phenoxy) is 2. The summed E-state index contributed by atoms with van der Waals surface area (Å²) in [5.74, 6) is -1.40. The summed E-state index contributed by atoms with van der Waals surface area (Å²) in [6.07, 6.45) is 1.11. The Balaban J connectivity index is 1.96. The molecule has 0 saturated carbocycles. The molecule has 1 N–H and O–H groups in total. The molecule has 2 fully saturated rings. The van der Waals surface area contributed by atoms with Crippen LogP contribution in [0.1, 0.15) is 6.42 Å². The molecule has 2 saturated heterocycles. The lowest BCUT2D eigenvalue weighted by atomic mass is 10.1. The first-order valence-corrected chi connectivity index (χ1v) is 9.27. The van der Waals surface area contributed by atoms with E-state index in [1.165, 1.54) is 0 Å². The average molecular weight is 350 g/mol. The summed E-state index contributed by atoms with van der Waals surface area (Å²) in [5.41, 5.74) is 0. The first-order chi connectivity index (χ1) is 10.8. The van der Waals surface area contributed by atoms with E-state index in [0.29, 0.717) is 32.8 Å². The summed E-state index contributed by atoms with van der Waals surface area (Å²) < 4.78 is 34.9. The highest BCUT2D eigenvalue weighted by Crippen LogP contribution is 2.18. The lowest BCUT2D eigenvalue weighted by Gasteiger charge is -2.35. The molecule has 2 aliphatic heterocycles. The van der Waals surface area contributed by atoms with E-state index in [9.17, 15) is 18.0 Å². The van der Waals surface area contributed by atoms with E-state index >= 15 is 0 Å². The molecule has 2 aliphatic rings. The molecule has 10 heteroatoms. The predicted octanol–water partition coefficient (Wildman–Crippen LogP) is -1.40. The van der Waals surface area contributed by atoms with Gasteiger partial charge >= 0.3 is 5.97 Å². The molecule has 0 spiro atoms. The number of sulfonamides is 1. The first-order valence-electron chi connectivity index (χ1n) is 7.42. The Bertz CT molecular complexity index is 545. The van der Waals surface area contributed by atoms with Crippen LogP contribution >= 0.6 is 0 Å². The summed E-state index contributed by atoms with van der Waals surface area (Å²) in [7, 11) is -3.66. The van der Waals surface area contributed by atoms with Crippen molar-refractivity contribution in [3.05, 3.63) is 0 Å². The average Bonchev–Trinajstić information content (AvgIpc) is 2.99. The Morgan fingerprint density at radius 2 is 2.09 bits per heavy atom. The summed E-state index contributed by atoms with van der Waals surface area (Å²) >= 11 is 0. The van der Waals surface area contributed by atoms with E-state index in [0.717, 1.165) is 10.6 Å². The van der Waals surface area contributed by atoms with Crippen molar-refractivity contribution < 1.29 is 32.6 Å². The monoisotopic (exact) mass is 350 g/mol. The van der Waals surface area contributed by atoms with Gasteiger partial charge in [-0.1, -0.05) is 0 Å². The quantitative estimate of drug-likeness (QED) is 0.626. The number of hydrogen-bond acceptors (Lipinski definition) is 6. The van der Waals surface area contributed by atoms with Gasteiger partial charge in [-0.15, -0.1) is 0 Å². The van der Waals surface area contributed by atoms with Crippen molar-refractivity contribution in [2.45, 2.75) is 12.5 Å². The second-order valence-electron chi connectivity index (χ2n) is 5.79. The van der Waals surface area contributed by atoms with E-state index in [1.807, 2.05) is 0 Å². The van der Waals surface area contributed by atoms with Crippen molar-refractivity contribution in [1.29, 1.82) is 0 Å². The van der Waals surface area contributed by atoms with Gasteiger partial charge in [-0.3, -0.25) is 9.59 Å². The molecule has 0 aromatic rings. The number of rotatable bonds is 6. The smallest absolute Gasteiger partial charge is 0.318 e. The topological polar surface area (TPSA) is 113 Å². The molecule has 23 heavy (non-hydrogen) atoms. The maximum absolute atomic E-state index is 12.4. The Hall–Kier alpha value is -1.23. The molecule has 0 radical (unpaired) electrons. The molecule has 0 aromatic heterocycles. The van der Waals surface area contributed by atoms with Crippen molar-refractivity contribution in [2.24, 2.45) is 5.92 Å². The molecule has 0 bridgehead atoms. The van der Waals surface area contributed by atoms with Crippen LogP contribution in [0.3, 0.4) is 0 Å². The van der Waals surface area contributed by atoms with E-state index in [4.69, 9.17) is 14.6 Å². The summed E-state index contributed by atoms with van der Waals surface area (Å²) in [5, 5.41) is 8.84. The standard InChI is InChI=1S/C13H22N2O7S/c1-23(19,20)15(8-12(16)17)7-11-6-14(3-5-22-11)13(18)10-2-4-21-9-10/h10-11H,2-9H2,1H3,(H,16,17)/t10-,11+/m0/s1. The fraction of sp³-hybridized carbons (Fsp3) is 0.846. The third-order valence-corrected chi connectivity index (χ3v) is 5.13. The molecular formula is C13H22N2O7S. The van der Waals surface area contributed by atoms with Crippen LogP contribution in [0.15, 0.2) is 0 Å². The second-order valence-corrected chi connectivity index (χ2v) is 7.77. The molecule has 0 aliphatic carbocycles. The molecule has 1 amide bonds. The van der Waals surface area contributed by atoms with Gasteiger partial charge in [0.1, 0.15) is 6.54 Å². The van der Waals surface area contributed by atoms with Crippen LogP contribution in [0, 0.1) is 5.92 Å². The minimum absolute atomic E-state index is 0.0139. The zero-order valence-corrected chi connectivity index (χ0v) is 13.8. The lowest BCUT2D eigenvalue weighted by Crippen LogP contribution is -2.52. The van der Waals surface area contributed by atoms with Crippen molar-refractivity contribution in [1.82, 2.24) is 9.21 Å². The molecule has 2 atom stereocenters. The largest absolute Gasteiger partial charge is 0.480 e. The number of aliphatic carboxylic acids is 1. The van der Waals surface area contributed by atoms with Gasteiger partial charge in [-0.2, -0.15) is 4.31 Å². The number of carboxylic acids is 1. The summed E-state index contributed by atoms with van der Waals surface area (Å²) in [4.78, 5) is 24.8. The summed E-state index contributed by atoms with van der Waals surface area (Å²) in [6, 6.07) is 0. The van der Waals surface area contributed by atoms with Crippen molar-refractivity contribution in [3.63, 3.8) is 0 Å². The van der Waals surface area contributed by atoms with Crippen LogP contribution in [0.5, 0.6) is 0 Å². The Morgan fingerprint density at radius 1 is 1.35 bits per heavy atom. The Labute approximate surface area is 135 Å². The molecule has 0 aromatic carbocycles. The maximum Gasteiger partial charge on any atom is 0.318 e. The van der Waals surface area contributed by atoms with Crippen LogP contribution in [-0.2, 0) is 29.1 Å². The minimum atomic E-state index is -3.66. The molecule has 0 unspecified atom stereocenters. The van der Waals surface area contributed by atoms with Crippen LogP contribution in [0.25, 0.3) is 0 Å². The van der Waals surface area contributed by atoms with Gasteiger partial charge < -0.3 is 19.5 Å². The summed E-state index contributed by atoms with van der Waals surface area (Å²) in [6.45, 7) is 1.28. The van der Waals surface area contributed by atoms with Gasteiger partial charge in [-0.05, 0) is 6.42 Å². The van der Waals surface area contributed by atoms with E-state index in [-0.39, 0.29) is 24.9 Å². The van der Waals surface area contributed by atoms with Crippen LogP contribution < -0.4 is 0 Å². The first kappa shape index (κ1) is 18.1.